The highest BCUT2D eigenvalue weighted by Gasteiger charge is 2.38. The maximum atomic E-state index is 13.0. The van der Waals surface area contributed by atoms with Crippen LogP contribution in [0, 0.1) is 0 Å². The Morgan fingerprint density at radius 3 is 2.78 bits per heavy atom. The lowest BCUT2D eigenvalue weighted by atomic mass is 10.1. The number of anilines is 2. The second-order valence-electron chi connectivity index (χ2n) is 6.45. The SMILES string of the molecule is COc1ccc(NS(=O)(=O)c2ccc3c4c2CC(=O)N4C[C@@H](C)S3)cc1Cl. The van der Waals surface area contributed by atoms with Crippen molar-refractivity contribution < 1.29 is 17.9 Å². The summed E-state index contributed by atoms with van der Waals surface area (Å²) < 4.78 is 33.6. The fourth-order valence-electron chi connectivity index (χ4n) is 3.43. The first-order valence-electron chi connectivity index (χ1n) is 8.29. The molecule has 2 aliphatic rings. The molecule has 0 unspecified atom stereocenters. The van der Waals surface area contributed by atoms with Crippen molar-refractivity contribution in [3.8, 4) is 5.75 Å². The number of amides is 1. The third-order valence-electron chi connectivity index (χ3n) is 4.56. The van der Waals surface area contributed by atoms with E-state index in [1.807, 2.05) is 0 Å². The number of hydrogen-bond donors (Lipinski definition) is 1. The number of thioether (sulfide) groups is 1. The van der Waals surface area contributed by atoms with Gasteiger partial charge in [-0.2, -0.15) is 0 Å². The monoisotopic (exact) mass is 424 g/mol. The molecule has 1 N–H and O–H groups in total. The first-order chi connectivity index (χ1) is 12.8. The predicted molar refractivity (Wildman–Crippen MR) is 107 cm³/mol. The molecule has 0 aromatic heterocycles. The highest BCUT2D eigenvalue weighted by atomic mass is 35.5. The Balaban J connectivity index is 1.74. The molecule has 0 aliphatic carbocycles. The molecule has 0 saturated heterocycles. The molecule has 2 aliphatic heterocycles. The van der Waals surface area contributed by atoms with Crippen LogP contribution < -0.4 is 14.4 Å². The molecule has 0 radical (unpaired) electrons. The Hall–Kier alpha value is -1.90. The minimum atomic E-state index is -3.87. The molecule has 2 aromatic rings. The second-order valence-corrected chi connectivity index (χ2v) is 9.99. The maximum absolute atomic E-state index is 13.0. The van der Waals surface area contributed by atoms with Crippen LogP contribution in [-0.2, 0) is 21.2 Å². The summed E-state index contributed by atoms with van der Waals surface area (Å²) in [6, 6.07) is 8.01. The number of carbonyl (C=O) groups is 1. The summed E-state index contributed by atoms with van der Waals surface area (Å²) in [5.74, 6) is 0.396. The molecule has 4 rings (SSSR count). The van der Waals surface area contributed by atoms with Gasteiger partial charge in [0.15, 0.2) is 0 Å². The standard InChI is InChI=1S/C18H17ClN2O4S2/c1-10-9-21-17(22)8-12-16(6-5-15(26-10)18(12)21)27(23,24)20-11-3-4-14(25-2)13(19)7-11/h3-7,10,20H,8-9H2,1-2H3/t10-/m1/s1. The van der Waals surface area contributed by atoms with E-state index in [-0.39, 0.29) is 22.5 Å². The number of rotatable bonds is 4. The van der Waals surface area contributed by atoms with Gasteiger partial charge in [0.05, 0.1) is 34.8 Å². The van der Waals surface area contributed by atoms with Crippen molar-refractivity contribution in [1.29, 1.82) is 0 Å². The van der Waals surface area contributed by atoms with E-state index in [4.69, 9.17) is 16.3 Å². The van der Waals surface area contributed by atoms with E-state index >= 15 is 0 Å². The van der Waals surface area contributed by atoms with Crippen molar-refractivity contribution in [1.82, 2.24) is 0 Å². The molecule has 2 heterocycles. The zero-order valence-electron chi connectivity index (χ0n) is 14.7. The van der Waals surface area contributed by atoms with Gasteiger partial charge in [0.1, 0.15) is 5.75 Å². The average molecular weight is 425 g/mol. The highest BCUT2D eigenvalue weighted by molar-refractivity contribution is 8.00. The van der Waals surface area contributed by atoms with Gasteiger partial charge in [0, 0.05) is 22.3 Å². The molecule has 6 nitrogen and oxygen atoms in total. The van der Waals surface area contributed by atoms with Crippen LogP contribution in [0.1, 0.15) is 12.5 Å². The largest absolute Gasteiger partial charge is 0.495 e. The van der Waals surface area contributed by atoms with E-state index in [0.29, 0.717) is 28.6 Å². The molecule has 142 valence electrons. The molecule has 1 amide bonds. The molecule has 0 fully saturated rings. The van der Waals surface area contributed by atoms with Crippen LogP contribution in [0.5, 0.6) is 5.75 Å². The van der Waals surface area contributed by atoms with E-state index in [0.717, 1.165) is 10.6 Å². The van der Waals surface area contributed by atoms with E-state index in [2.05, 4.69) is 11.6 Å². The minimum Gasteiger partial charge on any atom is -0.495 e. The van der Waals surface area contributed by atoms with Crippen LogP contribution in [-0.4, -0.2) is 33.2 Å². The van der Waals surface area contributed by atoms with Crippen molar-refractivity contribution >= 4 is 50.7 Å². The van der Waals surface area contributed by atoms with Gasteiger partial charge < -0.3 is 9.64 Å². The Kier molecular flexibility index (Phi) is 4.52. The van der Waals surface area contributed by atoms with Crippen LogP contribution >= 0.6 is 23.4 Å². The summed E-state index contributed by atoms with van der Waals surface area (Å²) >= 11 is 7.74. The van der Waals surface area contributed by atoms with Gasteiger partial charge in [-0.3, -0.25) is 9.52 Å². The van der Waals surface area contributed by atoms with Crippen LogP contribution in [0.2, 0.25) is 5.02 Å². The molecule has 9 heteroatoms. The van der Waals surface area contributed by atoms with Gasteiger partial charge in [0.25, 0.3) is 10.0 Å². The summed E-state index contributed by atoms with van der Waals surface area (Å²) in [5, 5.41) is 0.578. The lowest BCUT2D eigenvalue weighted by Gasteiger charge is -2.29. The van der Waals surface area contributed by atoms with E-state index in [1.165, 1.54) is 13.2 Å². The minimum absolute atomic E-state index is 0.0615. The van der Waals surface area contributed by atoms with Gasteiger partial charge >= 0.3 is 0 Å². The lowest BCUT2D eigenvalue weighted by molar-refractivity contribution is -0.117. The van der Waals surface area contributed by atoms with Crippen molar-refractivity contribution in [2.45, 2.75) is 28.4 Å². The molecular formula is C18H17ClN2O4S2. The fourth-order valence-corrected chi connectivity index (χ4v) is 6.12. The zero-order chi connectivity index (χ0) is 19.3. The Labute approximate surface area is 166 Å². The molecule has 27 heavy (non-hydrogen) atoms. The topological polar surface area (TPSA) is 75.7 Å². The fraction of sp³-hybridized carbons (Fsp3) is 0.278. The smallest absolute Gasteiger partial charge is 0.262 e. The highest BCUT2D eigenvalue weighted by Crippen LogP contribution is 2.46. The molecular weight excluding hydrogens is 408 g/mol. The Bertz CT molecular complexity index is 1060. The number of hydrogen-bond acceptors (Lipinski definition) is 5. The van der Waals surface area contributed by atoms with Gasteiger partial charge in [-0.1, -0.05) is 18.5 Å². The number of nitrogens with zero attached hydrogens (tertiary/aromatic N) is 1. The maximum Gasteiger partial charge on any atom is 0.262 e. The average Bonchev–Trinajstić information content (AvgIpc) is 2.92. The summed E-state index contributed by atoms with van der Waals surface area (Å²) in [4.78, 5) is 15.2. The first kappa shape index (κ1) is 18.5. The summed E-state index contributed by atoms with van der Waals surface area (Å²) in [6.07, 6.45) is 0.0933. The predicted octanol–water partition coefficient (Wildman–Crippen LogP) is 3.53. The van der Waals surface area contributed by atoms with Gasteiger partial charge in [-0.05, 0) is 30.3 Å². The molecule has 1 atom stereocenters. The molecule has 0 spiro atoms. The van der Waals surface area contributed by atoms with E-state index < -0.39 is 10.0 Å². The number of benzene rings is 2. The van der Waals surface area contributed by atoms with Crippen molar-refractivity contribution in [2.75, 3.05) is 23.3 Å². The van der Waals surface area contributed by atoms with E-state index in [1.54, 1.807) is 40.9 Å². The van der Waals surface area contributed by atoms with Crippen molar-refractivity contribution in [3.63, 3.8) is 0 Å². The zero-order valence-corrected chi connectivity index (χ0v) is 17.0. The number of sulfonamides is 1. The number of carbonyl (C=O) groups excluding carboxylic acids is 1. The number of ether oxygens (including phenoxy) is 1. The van der Waals surface area contributed by atoms with Gasteiger partial charge in [0.2, 0.25) is 5.91 Å². The normalized spacial score (nSPS) is 18.4. The lowest BCUT2D eigenvalue weighted by Crippen LogP contribution is -2.35. The third kappa shape index (κ3) is 3.15. The van der Waals surface area contributed by atoms with Crippen LogP contribution in [0.25, 0.3) is 0 Å². The number of nitrogens with one attached hydrogen (secondary N) is 1. The Morgan fingerprint density at radius 2 is 2.07 bits per heavy atom. The van der Waals surface area contributed by atoms with Crippen LogP contribution in [0.15, 0.2) is 40.1 Å². The van der Waals surface area contributed by atoms with Crippen molar-refractivity contribution in [2.24, 2.45) is 0 Å². The van der Waals surface area contributed by atoms with Gasteiger partial charge in [-0.15, -0.1) is 11.8 Å². The summed E-state index contributed by atoms with van der Waals surface area (Å²) in [7, 11) is -2.39. The number of methoxy groups -OCH3 is 1. The van der Waals surface area contributed by atoms with Crippen LogP contribution in [0.4, 0.5) is 11.4 Å². The van der Waals surface area contributed by atoms with Crippen LogP contribution in [0.3, 0.4) is 0 Å². The molecule has 0 saturated carbocycles. The number of halogens is 1. The first-order valence-corrected chi connectivity index (χ1v) is 11.0. The van der Waals surface area contributed by atoms with Crippen molar-refractivity contribution in [3.05, 3.63) is 40.9 Å². The van der Waals surface area contributed by atoms with E-state index in [9.17, 15) is 13.2 Å². The third-order valence-corrected chi connectivity index (χ3v) is 7.46. The Morgan fingerprint density at radius 1 is 1.30 bits per heavy atom. The molecule has 0 bridgehead atoms. The summed E-state index contributed by atoms with van der Waals surface area (Å²) in [6.45, 7) is 2.65. The summed E-state index contributed by atoms with van der Waals surface area (Å²) in [5.41, 5.74) is 1.62. The quantitative estimate of drug-likeness (QED) is 0.812. The van der Waals surface area contributed by atoms with Gasteiger partial charge in [-0.25, -0.2) is 8.42 Å². The second kappa shape index (κ2) is 6.61. The molecule has 2 aromatic carbocycles.